The first-order valence-corrected chi connectivity index (χ1v) is 8.35. The van der Waals surface area contributed by atoms with E-state index in [1.807, 2.05) is 42.5 Å². The number of para-hydroxylation sites is 1. The fraction of sp³-hybridized carbons (Fsp3) is 0. The Labute approximate surface area is 154 Å². The van der Waals surface area contributed by atoms with Gasteiger partial charge in [0.15, 0.2) is 5.82 Å². The lowest BCUT2D eigenvalue weighted by atomic mass is 10.2. The molecule has 0 bridgehead atoms. The topological polar surface area (TPSA) is 50.7 Å². The second-order valence-electron chi connectivity index (χ2n) is 5.40. The minimum atomic E-state index is 0.526. The summed E-state index contributed by atoms with van der Waals surface area (Å²) in [6.07, 6.45) is 3.46. The summed E-state index contributed by atoms with van der Waals surface area (Å²) in [5.41, 5.74) is 2.41. The van der Waals surface area contributed by atoms with Crippen LogP contribution in [0.2, 0.25) is 10.0 Å². The van der Waals surface area contributed by atoms with Gasteiger partial charge in [-0.2, -0.15) is 0 Å². The molecule has 0 aliphatic rings. The second kappa shape index (κ2) is 6.67. The third-order valence-corrected chi connectivity index (χ3v) is 4.25. The summed E-state index contributed by atoms with van der Waals surface area (Å²) in [5, 5.41) is 5.30. The van der Waals surface area contributed by atoms with Gasteiger partial charge in [-0.3, -0.25) is 4.98 Å². The molecule has 0 spiro atoms. The highest BCUT2D eigenvalue weighted by atomic mass is 35.5. The summed E-state index contributed by atoms with van der Waals surface area (Å²) in [7, 11) is 0. The van der Waals surface area contributed by atoms with Gasteiger partial charge in [-0.05, 0) is 42.5 Å². The van der Waals surface area contributed by atoms with Crippen molar-refractivity contribution >= 4 is 45.6 Å². The molecule has 0 fully saturated rings. The lowest BCUT2D eigenvalue weighted by Gasteiger charge is -2.12. The van der Waals surface area contributed by atoms with Crippen LogP contribution in [0.3, 0.4) is 0 Å². The van der Waals surface area contributed by atoms with Crippen LogP contribution in [0.25, 0.3) is 22.3 Å². The Morgan fingerprint density at radius 1 is 0.880 bits per heavy atom. The summed E-state index contributed by atoms with van der Waals surface area (Å²) in [6.45, 7) is 0. The molecule has 2 aromatic carbocycles. The van der Waals surface area contributed by atoms with Crippen molar-refractivity contribution in [1.82, 2.24) is 15.0 Å². The molecule has 4 aromatic rings. The van der Waals surface area contributed by atoms with Gasteiger partial charge in [0.1, 0.15) is 5.82 Å². The van der Waals surface area contributed by atoms with Gasteiger partial charge < -0.3 is 5.32 Å². The Hall–Kier alpha value is -2.69. The fourth-order valence-corrected chi connectivity index (χ4v) is 2.97. The molecule has 25 heavy (non-hydrogen) atoms. The highest BCUT2D eigenvalue weighted by Gasteiger charge is 2.11. The molecule has 0 saturated heterocycles. The summed E-state index contributed by atoms with van der Waals surface area (Å²) >= 11 is 12.3. The van der Waals surface area contributed by atoms with Crippen molar-refractivity contribution in [1.29, 1.82) is 0 Å². The number of nitrogens with one attached hydrogen (secondary N) is 1. The maximum Gasteiger partial charge on any atom is 0.163 e. The average molecular weight is 367 g/mol. The summed E-state index contributed by atoms with van der Waals surface area (Å²) < 4.78 is 0. The van der Waals surface area contributed by atoms with Crippen molar-refractivity contribution in [2.45, 2.75) is 0 Å². The minimum absolute atomic E-state index is 0.526. The first kappa shape index (κ1) is 15.8. The van der Waals surface area contributed by atoms with E-state index in [1.54, 1.807) is 24.5 Å². The molecule has 0 amide bonds. The largest absolute Gasteiger partial charge is 0.338 e. The van der Waals surface area contributed by atoms with Crippen molar-refractivity contribution in [2.75, 3.05) is 5.32 Å². The number of hydrogen-bond acceptors (Lipinski definition) is 4. The Morgan fingerprint density at radius 3 is 2.56 bits per heavy atom. The van der Waals surface area contributed by atoms with Gasteiger partial charge in [-0.15, -0.1) is 0 Å². The lowest BCUT2D eigenvalue weighted by molar-refractivity contribution is 1.20. The zero-order valence-corrected chi connectivity index (χ0v) is 14.5. The molecule has 0 aliphatic carbocycles. The SMILES string of the molecule is Clc1ccc(Nc2nc(-c3cccnc3)nc3ccccc23)c(Cl)c1. The average Bonchev–Trinajstić information content (AvgIpc) is 2.64. The summed E-state index contributed by atoms with van der Waals surface area (Å²) in [4.78, 5) is 13.5. The van der Waals surface area contributed by atoms with E-state index >= 15 is 0 Å². The first-order chi connectivity index (χ1) is 12.2. The van der Waals surface area contributed by atoms with Gasteiger partial charge in [0.25, 0.3) is 0 Å². The zero-order valence-electron chi connectivity index (χ0n) is 12.9. The monoisotopic (exact) mass is 366 g/mol. The van der Waals surface area contributed by atoms with Crippen molar-refractivity contribution in [3.63, 3.8) is 0 Å². The van der Waals surface area contributed by atoms with Crippen molar-refractivity contribution in [2.24, 2.45) is 0 Å². The van der Waals surface area contributed by atoms with Crippen molar-refractivity contribution in [3.05, 3.63) is 77.0 Å². The maximum absolute atomic E-state index is 6.29. The van der Waals surface area contributed by atoms with E-state index in [0.29, 0.717) is 21.7 Å². The van der Waals surface area contributed by atoms with Crippen LogP contribution >= 0.6 is 23.2 Å². The summed E-state index contributed by atoms with van der Waals surface area (Å²) in [6, 6.07) is 16.9. The van der Waals surface area contributed by atoms with E-state index in [1.165, 1.54) is 0 Å². The molecule has 0 radical (unpaired) electrons. The van der Waals surface area contributed by atoms with E-state index in [9.17, 15) is 0 Å². The molecule has 2 aromatic heterocycles. The number of aromatic nitrogens is 3. The van der Waals surface area contributed by atoms with E-state index < -0.39 is 0 Å². The van der Waals surface area contributed by atoms with Crippen LogP contribution < -0.4 is 5.32 Å². The van der Waals surface area contributed by atoms with Crippen molar-refractivity contribution in [3.8, 4) is 11.4 Å². The normalized spacial score (nSPS) is 10.8. The Morgan fingerprint density at radius 2 is 1.76 bits per heavy atom. The number of rotatable bonds is 3. The van der Waals surface area contributed by atoms with Crippen LogP contribution in [0.4, 0.5) is 11.5 Å². The highest BCUT2D eigenvalue weighted by molar-refractivity contribution is 6.36. The molecule has 122 valence electrons. The van der Waals surface area contributed by atoms with Crippen LogP contribution in [-0.4, -0.2) is 15.0 Å². The fourth-order valence-electron chi connectivity index (χ4n) is 2.51. The Balaban J connectivity index is 1.86. The van der Waals surface area contributed by atoms with Crippen molar-refractivity contribution < 1.29 is 0 Å². The molecule has 1 N–H and O–H groups in total. The number of fused-ring (bicyclic) bond motifs is 1. The van der Waals surface area contributed by atoms with Crippen LogP contribution in [0.15, 0.2) is 67.0 Å². The maximum atomic E-state index is 6.29. The van der Waals surface area contributed by atoms with Crippen LogP contribution in [0.1, 0.15) is 0 Å². The van der Waals surface area contributed by atoms with Gasteiger partial charge in [0.2, 0.25) is 0 Å². The molecule has 0 unspecified atom stereocenters. The number of anilines is 2. The van der Waals surface area contributed by atoms with Gasteiger partial charge in [0.05, 0.1) is 16.2 Å². The molecule has 2 heterocycles. The predicted molar refractivity (Wildman–Crippen MR) is 103 cm³/mol. The quantitative estimate of drug-likeness (QED) is 0.502. The first-order valence-electron chi connectivity index (χ1n) is 7.60. The van der Waals surface area contributed by atoms with Crippen LogP contribution in [0, 0.1) is 0 Å². The molecule has 4 nitrogen and oxygen atoms in total. The number of pyridine rings is 1. The molecular weight excluding hydrogens is 355 g/mol. The van der Waals surface area contributed by atoms with Gasteiger partial charge in [-0.1, -0.05) is 35.3 Å². The Bertz CT molecular complexity index is 1050. The van der Waals surface area contributed by atoms with E-state index in [4.69, 9.17) is 23.2 Å². The number of halogens is 2. The van der Waals surface area contributed by atoms with Crippen LogP contribution in [0.5, 0.6) is 0 Å². The number of nitrogens with zero attached hydrogens (tertiary/aromatic N) is 3. The molecule has 6 heteroatoms. The van der Waals surface area contributed by atoms with E-state index in [-0.39, 0.29) is 0 Å². The zero-order chi connectivity index (χ0) is 17.2. The van der Waals surface area contributed by atoms with E-state index in [0.717, 1.165) is 22.2 Å². The highest BCUT2D eigenvalue weighted by Crippen LogP contribution is 2.31. The number of benzene rings is 2. The summed E-state index contributed by atoms with van der Waals surface area (Å²) in [5.74, 6) is 1.27. The lowest BCUT2D eigenvalue weighted by Crippen LogP contribution is -2.00. The molecule has 4 rings (SSSR count). The van der Waals surface area contributed by atoms with Gasteiger partial charge in [-0.25, -0.2) is 9.97 Å². The van der Waals surface area contributed by atoms with Gasteiger partial charge >= 0.3 is 0 Å². The second-order valence-corrected chi connectivity index (χ2v) is 6.25. The Kier molecular flexibility index (Phi) is 4.22. The molecule has 0 aliphatic heterocycles. The third-order valence-electron chi connectivity index (χ3n) is 3.71. The molecule has 0 atom stereocenters. The molecular formula is C19H12Cl2N4. The van der Waals surface area contributed by atoms with E-state index in [2.05, 4.69) is 20.3 Å². The predicted octanol–water partition coefficient (Wildman–Crippen LogP) is 5.74. The molecule has 0 saturated carbocycles. The smallest absolute Gasteiger partial charge is 0.163 e. The third kappa shape index (κ3) is 3.27. The number of hydrogen-bond donors (Lipinski definition) is 1. The standard InChI is InChI=1S/C19H12Cl2N4/c20-13-7-8-17(15(21)10-13)24-19-14-5-1-2-6-16(14)23-18(25-19)12-4-3-9-22-11-12/h1-11H,(H,23,24,25). The van der Waals surface area contributed by atoms with Gasteiger partial charge in [0, 0.05) is 28.4 Å². The van der Waals surface area contributed by atoms with Crippen LogP contribution in [-0.2, 0) is 0 Å². The minimum Gasteiger partial charge on any atom is -0.338 e.